The molecule has 1 aliphatic heterocycles. The Labute approximate surface area is 122 Å². The maximum atomic E-state index is 6.04. The average Bonchev–Trinajstić information content (AvgIpc) is 2.87. The van der Waals surface area contributed by atoms with Crippen molar-refractivity contribution >= 4 is 0 Å². The van der Waals surface area contributed by atoms with E-state index in [2.05, 4.69) is 37.4 Å². The van der Waals surface area contributed by atoms with Gasteiger partial charge in [0, 0.05) is 19.0 Å². The number of hydrogen-bond acceptors (Lipinski definition) is 2. The monoisotopic (exact) mass is 273 g/mol. The Bertz CT molecular complexity index is 457. The number of aryl methyl sites for hydroxylation is 1. The van der Waals surface area contributed by atoms with Crippen LogP contribution in [0.25, 0.3) is 0 Å². The molecule has 0 bridgehead atoms. The topological polar surface area (TPSA) is 21.3 Å². The number of nitrogens with one attached hydrogen (secondary N) is 1. The second-order valence-electron chi connectivity index (χ2n) is 6.60. The molecule has 3 rings (SSSR count). The van der Waals surface area contributed by atoms with Crippen LogP contribution in [0.4, 0.5) is 0 Å². The molecule has 0 spiro atoms. The number of ether oxygens (including phenoxy) is 1. The molecule has 20 heavy (non-hydrogen) atoms. The predicted octanol–water partition coefficient (Wildman–Crippen LogP) is 3.86. The van der Waals surface area contributed by atoms with Crippen LogP contribution in [0.15, 0.2) is 18.2 Å². The van der Waals surface area contributed by atoms with Crippen molar-refractivity contribution in [1.82, 2.24) is 5.32 Å². The normalized spacial score (nSPS) is 29.0. The molecule has 1 fully saturated rings. The first-order valence-electron chi connectivity index (χ1n) is 8.24. The van der Waals surface area contributed by atoms with E-state index in [1.807, 2.05) is 0 Å². The third-order valence-electron chi connectivity index (χ3n) is 4.95. The second kappa shape index (κ2) is 6.17. The molecule has 1 saturated carbocycles. The van der Waals surface area contributed by atoms with Crippen molar-refractivity contribution in [2.45, 2.75) is 64.5 Å². The molecule has 110 valence electrons. The van der Waals surface area contributed by atoms with Gasteiger partial charge in [-0.3, -0.25) is 0 Å². The fourth-order valence-electron chi connectivity index (χ4n) is 3.71. The van der Waals surface area contributed by atoms with Crippen LogP contribution < -0.4 is 10.1 Å². The summed E-state index contributed by atoms with van der Waals surface area (Å²) in [5, 5.41) is 3.75. The zero-order valence-corrected chi connectivity index (χ0v) is 12.8. The first kappa shape index (κ1) is 13.9. The van der Waals surface area contributed by atoms with Gasteiger partial charge < -0.3 is 10.1 Å². The van der Waals surface area contributed by atoms with Crippen molar-refractivity contribution in [2.24, 2.45) is 5.92 Å². The van der Waals surface area contributed by atoms with Crippen molar-refractivity contribution in [2.75, 3.05) is 6.54 Å². The summed E-state index contributed by atoms with van der Waals surface area (Å²) in [6, 6.07) is 7.24. The lowest BCUT2D eigenvalue weighted by Gasteiger charge is -2.30. The smallest absolute Gasteiger partial charge is 0.123 e. The fraction of sp³-hybridized carbons (Fsp3) is 0.667. The van der Waals surface area contributed by atoms with Gasteiger partial charge in [-0.1, -0.05) is 43.9 Å². The molecule has 0 aromatic heterocycles. The van der Waals surface area contributed by atoms with E-state index in [1.165, 1.54) is 43.2 Å². The summed E-state index contributed by atoms with van der Waals surface area (Å²) < 4.78 is 6.04. The molecule has 1 aromatic carbocycles. The van der Waals surface area contributed by atoms with Crippen molar-refractivity contribution < 1.29 is 4.74 Å². The molecular weight excluding hydrogens is 246 g/mol. The van der Waals surface area contributed by atoms with Crippen LogP contribution in [-0.2, 0) is 6.42 Å². The molecule has 0 radical (unpaired) electrons. The van der Waals surface area contributed by atoms with E-state index >= 15 is 0 Å². The van der Waals surface area contributed by atoms with Crippen LogP contribution in [0.3, 0.4) is 0 Å². The van der Waals surface area contributed by atoms with E-state index in [4.69, 9.17) is 4.74 Å². The summed E-state index contributed by atoms with van der Waals surface area (Å²) in [6.45, 7) is 5.47. The number of benzene rings is 1. The highest BCUT2D eigenvalue weighted by Gasteiger charge is 2.25. The highest BCUT2D eigenvalue weighted by Crippen LogP contribution is 2.30. The van der Waals surface area contributed by atoms with Crippen LogP contribution in [-0.4, -0.2) is 18.7 Å². The molecule has 3 unspecified atom stereocenters. The van der Waals surface area contributed by atoms with E-state index in [-0.39, 0.29) is 0 Å². The van der Waals surface area contributed by atoms with Gasteiger partial charge in [0.2, 0.25) is 0 Å². The van der Waals surface area contributed by atoms with E-state index in [0.29, 0.717) is 12.1 Å². The van der Waals surface area contributed by atoms with Crippen molar-refractivity contribution in [3.63, 3.8) is 0 Å². The highest BCUT2D eigenvalue weighted by molar-refractivity contribution is 5.40. The van der Waals surface area contributed by atoms with Crippen LogP contribution >= 0.6 is 0 Å². The third kappa shape index (κ3) is 3.17. The summed E-state index contributed by atoms with van der Waals surface area (Å²) in [6.07, 6.45) is 8.25. The first-order valence-corrected chi connectivity index (χ1v) is 8.24. The van der Waals surface area contributed by atoms with Gasteiger partial charge in [0.15, 0.2) is 0 Å². The Morgan fingerprint density at radius 1 is 1.30 bits per heavy atom. The Morgan fingerprint density at radius 2 is 2.20 bits per heavy atom. The third-order valence-corrected chi connectivity index (χ3v) is 4.95. The Morgan fingerprint density at radius 3 is 3.05 bits per heavy atom. The summed E-state index contributed by atoms with van der Waals surface area (Å²) >= 11 is 0. The lowest BCUT2D eigenvalue weighted by molar-refractivity contribution is 0.203. The minimum atomic E-state index is 0.328. The van der Waals surface area contributed by atoms with Crippen molar-refractivity contribution in [1.29, 1.82) is 0 Å². The van der Waals surface area contributed by atoms with Crippen LogP contribution in [0.1, 0.15) is 50.2 Å². The van der Waals surface area contributed by atoms with Crippen molar-refractivity contribution in [3.05, 3.63) is 29.3 Å². The highest BCUT2D eigenvalue weighted by atomic mass is 16.5. The number of rotatable bonds is 4. The molecule has 1 aromatic rings. The van der Waals surface area contributed by atoms with Gasteiger partial charge in [0.1, 0.15) is 11.9 Å². The van der Waals surface area contributed by atoms with E-state index in [9.17, 15) is 0 Å². The molecule has 2 heteroatoms. The van der Waals surface area contributed by atoms with Gasteiger partial charge in [-0.2, -0.15) is 0 Å². The van der Waals surface area contributed by atoms with Gasteiger partial charge in [-0.25, -0.2) is 0 Å². The number of fused-ring (bicyclic) bond motifs is 1. The maximum Gasteiger partial charge on any atom is 0.123 e. The summed E-state index contributed by atoms with van der Waals surface area (Å²) in [7, 11) is 0. The largest absolute Gasteiger partial charge is 0.488 e. The van der Waals surface area contributed by atoms with E-state index < -0.39 is 0 Å². The van der Waals surface area contributed by atoms with Crippen LogP contribution in [0.5, 0.6) is 5.75 Å². The molecule has 2 nitrogen and oxygen atoms in total. The van der Waals surface area contributed by atoms with E-state index in [0.717, 1.165) is 24.6 Å². The van der Waals surface area contributed by atoms with Crippen molar-refractivity contribution in [3.8, 4) is 5.75 Å². The van der Waals surface area contributed by atoms with Gasteiger partial charge in [-0.05, 0) is 37.3 Å². The van der Waals surface area contributed by atoms with Gasteiger partial charge in [0.25, 0.3) is 0 Å². The summed E-state index contributed by atoms with van der Waals surface area (Å²) in [5.74, 6) is 2.03. The van der Waals surface area contributed by atoms with Crippen LogP contribution in [0.2, 0.25) is 0 Å². The molecule has 0 saturated heterocycles. The van der Waals surface area contributed by atoms with Gasteiger partial charge in [0.05, 0.1) is 0 Å². The fourth-order valence-corrected chi connectivity index (χ4v) is 3.71. The minimum absolute atomic E-state index is 0.328. The average molecular weight is 273 g/mol. The predicted molar refractivity (Wildman–Crippen MR) is 83.3 cm³/mol. The molecule has 1 N–H and O–H groups in total. The van der Waals surface area contributed by atoms with E-state index in [1.54, 1.807) is 0 Å². The molecule has 2 aliphatic rings. The Kier molecular flexibility index (Phi) is 4.30. The maximum absolute atomic E-state index is 6.04. The standard InChI is InChI=1S/C18H27NO/c1-3-14-5-4-6-16(10-14)19-12-17-11-15-9-13(2)7-8-18(15)20-17/h7-9,14,16-17,19H,3-6,10-12H2,1-2H3. The molecule has 1 heterocycles. The zero-order valence-electron chi connectivity index (χ0n) is 12.8. The minimum Gasteiger partial charge on any atom is -0.488 e. The number of hydrogen-bond donors (Lipinski definition) is 1. The summed E-state index contributed by atoms with van der Waals surface area (Å²) in [4.78, 5) is 0. The lowest BCUT2D eigenvalue weighted by Crippen LogP contribution is -2.40. The quantitative estimate of drug-likeness (QED) is 0.899. The Hall–Kier alpha value is -1.02. The van der Waals surface area contributed by atoms with Gasteiger partial charge >= 0.3 is 0 Å². The molecular formula is C18H27NO. The van der Waals surface area contributed by atoms with Gasteiger partial charge in [-0.15, -0.1) is 0 Å². The molecule has 3 atom stereocenters. The molecule has 1 aliphatic carbocycles. The zero-order chi connectivity index (χ0) is 13.9. The lowest BCUT2D eigenvalue weighted by atomic mass is 9.84. The summed E-state index contributed by atoms with van der Waals surface area (Å²) in [5.41, 5.74) is 2.71. The Balaban J connectivity index is 1.49. The van der Waals surface area contributed by atoms with Crippen LogP contribution in [0, 0.1) is 12.8 Å². The SMILES string of the molecule is CCC1CCCC(NCC2Cc3cc(C)ccc3O2)C1. The second-order valence-corrected chi connectivity index (χ2v) is 6.60. The molecule has 0 amide bonds. The first-order chi connectivity index (χ1) is 9.74.